The second-order valence-electron chi connectivity index (χ2n) is 2.19. The molecule has 62 valence electrons. The standard InChI is InChI=1S/C4H7BO6/c1-4(2(6)7,3(8)9)5(10)11/h10-11H,1H3,(H,6,7)(H,8,9). The number of hydrogen-bond acceptors (Lipinski definition) is 4. The monoisotopic (exact) mass is 162 g/mol. The molecule has 0 heterocycles. The first kappa shape index (κ1) is 9.92. The van der Waals surface area contributed by atoms with Crippen molar-refractivity contribution >= 4 is 19.1 Å². The van der Waals surface area contributed by atoms with E-state index in [2.05, 4.69) is 0 Å². The van der Waals surface area contributed by atoms with Crippen LogP contribution >= 0.6 is 0 Å². The molecule has 7 heteroatoms. The number of carboxylic acid groups (broad SMARTS) is 2. The molecule has 0 aromatic carbocycles. The summed E-state index contributed by atoms with van der Waals surface area (Å²) in [4.78, 5) is 20.4. The Morgan fingerprint density at radius 3 is 1.45 bits per heavy atom. The Hall–Kier alpha value is -1.08. The van der Waals surface area contributed by atoms with Crippen LogP contribution in [0.4, 0.5) is 0 Å². The van der Waals surface area contributed by atoms with Crippen LogP contribution in [0.1, 0.15) is 6.92 Å². The van der Waals surface area contributed by atoms with Crippen LogP contribution in [0.25, 0.3) is 0 Å². The van der Waals surface area contributed by atoms with E-state index in [1.54, 1.807) is 0 Å². The van der Waals surface area contributed by atoms with Crippen molar-refractivity contribution in [1.29, 1.82) is 0 Å². The van der Waals surface area contributed by atoms with Gasteiger partial charge in [-0.2, -0.15) is 0 Å². The molecule has 0 aliphatic rings. The van der Waals surface area contributed by atoms with E-state index in [-0.39, 0.29) is 0 Å². The molecule has 0 aliphatic heterocycles. The van der Waals surface area contributed by atoms with Crippen molar-refractivity contribution in [3.63, 3.8) is 0 Å². The zero-order valence-electron chi connectivity index (χ0n) is 5.68. The van der Waals surface area contributed by atoms with Crippen molar-refractivity contribution in [2.75, 3.05) is 0 Å². The Morgan fingerprint density at radius 1 is 1.18 bits per heavy atom. The maximum absolute atomic E-state index is 10.2. The minimum Gasteiger partial charge on any atom is -0.481 e. The van der Waals surface area contributed by atoms with Gasteiger partial charge in [-0.15, -0.1) is 0 Å². The van der Waals surface area contributed by atoms with Gasteiger partial charge in [0.25, 0.3) is 0 Å². The van der Waals surface area contributed by atoms with Crippen molar-refractivity contribution in [3.8, 4) is 0 Å². The summed E-state index contributed by atoms with van der Waals surface area (Å²) in [6.07, 6.45) is 0. The normalized spacial score (nSPS) is 10.8. The summed E-state index contributed by atoms with van der Waals surface area (Å²) in [6, 6.07) is 0. The van der Waals surface area contributed by atoms with Gasteiger partial charge in [-0.3, -0.25) is 9.59 Å². The van der Waals surface area contributed by atoms with E-state index in [9.17, 15) is 9.59 Å². The Morgan fingerprint density at radius 2 is 1.45 bits per heavy atom. The predicted octanol–water partition coefficient (Wildman–Crippen LogP) is -1.61. The molecule has 0 saturated heterocycles. The van der Waals surface area contributed by atoms with Gasteiger partial charge in [-0.25, -0.2) is 0 Å². The highest BCUT2D eigenvalue weighted by Crippen LogP contribution is 2.26. The third kappa shape index (κ3) is 1.49. The summed E-state index contributed by atoms with van der Waals surface area (Å²) in [5, 5.41) is 30.8. The molecule has 0 saturated carbocycles. The predicted molar refractivity (Wildman–Crippen MR) is 33.8 cm³/mol. The van der Waals surface area contributed by atoms with Gasteiger partial charge in [0.2, 0.25) is 0 Å². The Kier molecular flexibility index (Phi) is 2.61. The number of rotatable bonds is 3. The number of aliphatic carboxylic acids is 2. The maximum atomic E-state index is 10.2. The van der Waals surface area contributed by atoms with Crippen molar-refractivity contribution < 1.29 is 29.9 Å². The third-order valence-electron chi connectivity index (χ3n) is 1.40. The number of carbonyl (C=O) groups is 2. The Bertz CT molecular complexity index is 173. The van der Waals surface area contributed by atoms with E-state index in [0.29, 0.717) is 6.92 Å². The average molecular weight is 162 g/mol. The average Bonchev–Trinajstić information content (AvgIpc) is 1.84. The molecule has 0 rings (SSSR count). The van der Waals surface area contributed by atoms with Gasteiger partial charge in [-0.05, 0) is 6.92 Å². The van der Waals surface area contributed by atoms with Crippen molar-refractivity contribution in [2.24, 2.45) is 0 Å². The minimum absolute atomic E-state index is 0.711. The topological polar surface area (TPSA) is 115 Å². The molecule has 0 bridgehead atoms. The molecule has 11 heavy (non-hydrogen) atoms. The molecule has 0 unspecified atom stereocenters. The lowest BCUT2D eigenvalue weighted by atomic mass is 9.59. The van der Waals surface area contributed by atoms with Gasteiger partial charge in [-0.1, -0.05) is 0 Å². The van der Waals surface area contributed by atoms with Crippen LogP contribution < -0.4 is 0 Å². The zero-order valence-corrected chi connectivity index (χ0v) is 5.68. The lowest BCUT2D eigenvalue weighted by molar-refractivity contribution is -0.153. The second-order valence-corrected chi connectivity index (χ2v) is 2.19. The van der Waals surface area contributed by atoms with E-state index in [1.807, 2.05) is 0 Å². The first-order valence-corrected chi connectivity index (χ1v) is 2.66. The van der Waals surface area contributed by atoms with E-state index in [1.165, 1.54) is 0 Å². The molecule has 0 aromatic heterocycles. The maximum Gasteiger partial charge on any atom is 0.481 e. The molecular weight excluding hydrogens is 155 g/mol. The summed E-state index contributed by atoms with van der Waals surface area (Å²) < 4.78 is 0. The summed E-state index contributed by atoms with van der Waals surface area (Å²) in [5.74, 6) is -3.58. The van der Waals surface area contributed by atoms with E-state index >= 15 is 0 Å². The highest BCUT2D eigenvalue weighted by Gasteiger charge is 2.52. The highest BCUT2D eigenvalue weighted by atomic mass is 16.4. The van der Waals surface area contributed by atoms with Gasteiger partial charge in [0.15, 0.2) is 5.31 Å². The van der Waals surface area contributed by atoms with Crippen LogP contribution in [-0.4, -0.2) is 39.3 Å². The fourth-order valence-electron chi connectivity index (χ4n) is 0.312. The first-order valence-electron chi connectivity index (χ1n) is 2.66. The molecule has 4 N–H and O–H groups in total. The molecule has 0 aliphatic carbocycles. The molecule has 0 amide bonds. The summed E-state index contributed by atoms with van der Waals surface area (Å²) >= 11 is 0. The molecular formula is C4H7BO6. The van der Waals surface area contributed by atoms with Gasteiger partial charge >= 0.3 is 19.1 Å². The number of hydrogen-bond donors (Lipinski definition) is 4. The molecule has 0 radical (unpaired) electrons. The smallest absolute Gasteiger partial charge is 0.481 e. The lowest BCUT2D eigenvalue weighted by Crippen LogP contribution is -2.43. The first-order chi connectivity index (χ1) is 4.83. The Labute approximate surface area is 62.2 Å². The van der Waals surface area contributed by atoms with Crippen molar-refractivity contribution in [1.82, 2.24) is 0 Å². The summed E-state index contributed by atoms with van der Waals surface area (Å²) in [6.45, 7) is 0.711. The molecule has 6 nitrogen and oxygen atoms in total. The largest absolute Gasteiger partial charge is 0.481 e. The lowest BCUT2D eigenvalue weighted by Gasteiger charge is -2.17. The quantitative estimate of drug-likeness (QED) is 0.293. The Balaban J connectivity index is 4.82. The molecule has 0 spiro atoms. The van der Waals surface area contributed by atoms with Crippen molar-refractivity contribution in [3.05, 3.63) is 0 Å². The van der Waals surface area contributed by atoms with Crippen LogP contribution in [0.2, 0.25) is 5.31 Å². The van der Waals surface area contributed by atoms with Gasteiger partial charge in [0, 0.05) is 0 Å². The minimum atomic E-state index is -2.56. The van der Waals surface area contributed by atoms with E-state index < -0.39 is 24.4 Å². The fourth-order valence-corrected chi connectivity index (χ4v) is 0.312. The summed E-state index contributed by atoms with van der Waals surface area (Å²) in [7, 11) is -2.42. The molecule has 0 atom stereocenters. The summed E-state index contributed by atoms with van der Waals surface area (Å²) in [5.41, 5.74) is 0. The third-order valence-corrected chi connectivity index (χ3v) is 1.40. The number of carboxylic acids is 2. The molecule has 0 aromatic rings. The van der Waals surface area contributed by atoms with Gasteiger partial charge in [0.05, 0.1) is 0 Å². The van der Waals surface area contributed by atoms with Gasteiger partial charge < -0.3 is 20.3 Å². The van der Waals surface area contributed by atoms with E-state index in [0.717, 1.165) is 0 Å². The highest BCUT2D eigenvalue weighted by molar-refractivity contribution is 6.58. The second kappa shape index (κ2) is 2.89. The molecule has 0 fully saturated rings. The van der Waals surface area contributed by atoms with Gasteiger partial charge in [0.1, 0.15) is 0 Å². The fraction of sp³-hybridized carbons (Fsp3) is 0.500. The van der Waals surface area contributed by atoms with Crippen LogP contribution in [-0.2, 0) is 9.59 Å². The van der Waals surface area contributed by atoms with Crippen LogP contribution in [0, 0.1) is 0 Å². The zero-order chi connectivity index (χ0) is 9.23. The van der Waals surface area contributed by atoms with Crippen molar-refractivity contribution in [2.45, 2.75) is 12.2 Å². The van der Waals surface area contributed by atoms with Crippen LogP contribution in [0.3, 0.4) is 0 Å². The van der Waals surface area contributed by atoms with Crippen LogP contribution in [0.5, 0.6) is 0 Å². The van der Waals surface area contributed by atoms with E-state index in [4.69, 9.17) is 20.3 Å². The van der Waals surface area contributed by atoms with Crippen LogP contribution in [0.15, 0.2) is 0 Å². The SMILES string of the molecule is CC(B(O)O)(C(=O)O)C(=O)O.